The summed E-state index contributed by atoms with van der Waals surface area (Å²) in [6, 6.07) is 8.51. The Balaban J connectivity index is 1.85. The lowest BCUT2D eigenvalue weighted by Gasteiger charge is -2.05. The maximum Gasteiger partial charge on any atom is 0.337 e. The monoisotopic (exact) mass is 281 g/mol. The molecule has 2 heterocycles. The van der Waals surface area contributed by atoms with Crippen molar-refractivity contribution in [2.45, 2.75) is 0 Å². The first-order valence-electron chi connectivity index (χ1n) is 6.20. The third kappa shape index (κ3) is 2.59. The van der Waals surface area contributed by atoms with E-state index in [-0.39, 0.29) is 11.5 Å². The van der Waals surface area contributed by atoms with Crippen molar-refractivity contribution in [3.63, 3.8) is 0 Å². The van der Waals surface area contributed by atoms with Crippen molar-refractivity contribution >= 4 is 28.5 Å². The topological polar surface area (TPSA) is 95.1 Å². The Kier molecular flexibility index (Phi) is 3.12. The number of H-pyrrole nitrogens is 1. The minimum Gasteiger partial charge on any atom is -0.478 e. The summed E-state index contributed by atoms with van der Waals surface area (Å²) in [4.78, 5) is 29.9. The van der Waals surface area contributed by atoms with E-state index in [1.165, 1.54) is 18.5 Å². The number of aromatic carboxylic acids is 1. The third-order valence-corrected chi connectivity index (χ3v) is 3.06. The van der Waals surface area contributed by atoms with Crippen LogP contribution in [-0.4, -0.2) is 27.0 Å². The van der Waals surface area contributed by atoms with Crippen LogP contribution < -0.4 is 5.32 Å². The first-order chi connectivity index (χ1) is 10.1. The molecule has 6 nitrogen and oxygen atoms in total. The molecule has 6 heteroatoms. The van der Waals surface area contributed by atoms with Crippen LogP contribution in [0.25, 0.3) is 10.9 Å². The van der Waals surface area contributed by atoms with Crippen molar-refractivity contribution < 1.29 is 14.7 Å². The van der Waals surface area contributed by atoms with Gasteiger partial charge in [0.25, 0.3) is 5.91 Å². The van der Waals surface area contributed by atoms with Gasteiger partial charge in [0, 0.05) is 28.9 Å². The lowest BCUT2D eigenvalue weighted by Crippen LogP contribution is -2.12. The quantitative estimate of drug-likeness (QED) is 0.687. The minimum atomic E-state index is -1.09. The highest BCUT2D eigenvalue weighted by atomic mass is 16.4. The molecule has 3 aromatic rings. The number of hydrogen-bond acceptors (Lipinski definition) is 3. The molecule has 3 N–H and O–H groups in total. The van der Waals surface area contributed by atoms with Gasteiger partial charge < -0.3 is 15.4 Å². The van der Waals surface area contributed by atoms with Crippen LogP contribution in [0.2, 0.25) is 0 Å². The molecule has 0 saturated heterocycles. The van der Waals surface area contributed by atoms with E-state index >= 15 is 0 Å². The van der Waals surface area contributed by atoms with E-state index < -0.39 is 5.97 Å². The van der Waals surface area contributed by atoms with Gasteiger partial charge in [0.05, 0.1) is 17.4 Å². The number of nitrogens with zero attached hydrogens (tertiary/aromatic N) is 1. The summed E-state index contributed by atoms with van der Waals surface area (Å²) < 4.78 is 0. The SMILES string of the molecule is O=C(O)c1cncc(NC(=O)c2ccc3[nH]ccc3c2)c1. The summed E-state index contributed by atoms with van der Waals surface area (Å²) in [5.41, 5.74) is 1.80. The molecule has 0 aliphatic heterocycles. The van der Waals surface area contributed by atoms with E-state index in [4.69, 9.17) is 5.11 Å². The second kappa shape index (κ2) is 5.09. The van der Waals surface area contributed by atoms with Crippen LogP contribution in [0.1, 0.15) is 20.7 Å². The Bertz CT molecular complexity index is 839. The zero-order valence-corrected chi connectivity index (χ0v) is 10.8. The number of carboxylic acids is 1. The first-order valence-corrected chi connectivity index (χ1v) is 6.20. The number of benzene rings is 1. The summed E-state index contributed by atoms with van der Waals surface area (Å²) in [6.07, 6.45) is 4.43. The largest absolute Gasteiger partial charge is 0.478 e. The van der Waals surface area contributed by atoms with Crippen LogP contribution >= 0.6 is 0 Å². The van der Waals surface area contributed by atoms with Crippen LogP contribution in [0.3, 0.4) is 0 Å². The van der Waals surface area contributed by atoms with Gasteiger partial charge in [-0.2, -0.15) is 0 Å². The van der Waals surface area contributed by atoms with E-state index in [0.29, 0.717) is 11.3 Å². The number of anilines is 1. The van der Waals surface area contributed by atoms with Gasteiger partial charge in [0.1, 0.15) is 0 Å². The minimum absolute atomic E-state index is 0.0221. The fourth-order valence-corrected chi connectivity index (χ4v) is 2.02. The summed E-state index contributed by atoms with van der Waals surface area (Å²) in [5, 5.41) is 12.5. The van der Waals surface area contributed by atoms with Crippen LogP contribution in [0.15, 0.2) is 48.9 Å². The summed E-state index contributed by atoms with van der Waals surface area (Å²) in [6.45, 7) is 0. The van der Waals surface area contributed by atoms with Crippen molar-refractivity contribution in [3.8, 4) is 0 Å². The average Bonchev–Trinajstić information content (AvgIpc) is 2.94. The third-order valence-electron chi connectivity index (χ3n) is 3.06. The van der Waals surface area contributed by atoms with Gasteiger partial charge in [-0.3, -0.25) is 9.78 Å². The zero-order valence-electron chi connectivity index (χ0n) is 10.8. The van der Waals surface area contributed by atoms with E-state index in [1.807, 2.05) is 12.1 Å². The molecule has 1 amide bonds. The lowest BCUT2D eigenvalue weighted by molar-refractivity contribution is 0.0696. The Hall–Kier alpha value is -3.15. The number of aromatic amines is 1. The van der Waals surface area contributed by atoms with Crippen molar-refractivity contribution in [2.75, 3.05) is 5.32 Å². The van der Waals surface area contributed by atoms with Gasteiger partial charge in [-0.15, -0.1) is 0 Å². The van der Waals surface area contributed by atoms with Crippen molar-refractivity contribution in [2.24, 2.45) is 0 Å². The molecule has 0 fully saturated rings. The maximum absolute atomic E-state index is 12.2. The second-order valence-electron chi connectivity index (χ2n) is 4.50. The van der Waals surface area contributed by atoms with Crippen molar-refractivity contribution in [3.05, 3.63) is 60.0 Å². The fraction of sp³-hybridized carbons (Fsp3) is 0. The van der Waals surface area contributed by atoms with Crippen LogP contribution in [0.5, 0.6) is 0 Å². The molecule has 0 unspecified atom stereocenters. The lowest BCUT2D eigenvalue weighted by atomic mass is 10.1. The summed E-state index contributed by atoms with van der Waals surface area (Å²) in [7, 11) is 0. The first kappa shape index (κ1) is 12.9. The molecule has 104 valence electrons. The van der Waals surface area contributed by atoms with Crippen LogP contribution in [0, 0.1) is 0 Å². The van der Waals surface area contributed by atoms with E-state index in [2.05, 4.69) is 15.3 Å². The summed E-state index contributed by atoms with van der Waals surface area (Å²) >= 11 is 0. The van der Waals surface area contributed by atoms with E-state index in [1.54, 1.807) is 18.3 Å². The molecule has 0 aliphatic rings. The second-order valence-corrected chi connectivity index (χ2v) is 4.50. The number of carbonyl (C=O) groups is 2. The highest BCUT2D eigenvalue weighted by Gasteiger charge is 2.09. The number of pyridine rings is 1. The molecule has 0 radical (unpaired) electrons. The van der Waals surface area contributed by atoms with Crippen molar-refractivity contribution in [1.29, 1.82) is 0 Å². The number of carboxylic acid groups (broad SMARTS) is 1. The molecular formula is C15H11N3O3. The predicted octanol–water partition coefficient (Wildman–Crippen LogP) is 2.51. The standard InChI is InChI=1S/C15H11N3O3/c19-14(10-1-2-13-9(5-10)3-4-17-13)18-12-6-11(15(20)21)7-16-8-12/h1-8,17H,(H,18,19)(H,20,21). The van der Waals surface area contributed by atoms with Crippen LogP contribution in [0.4, 0.5) is 5.69 Å². The number of carbonyl (C=O) groups excluding carboxylic acids is 1. The molecule has 0 saturated carbocycles. The fourth-order valence-electron chi connectivity index (χ4n) is 2.02. The number of rotatable bonds is 3. The highest BCUT2D eigenvalue weighted by molar-refractivity contribution is 6.06. The van der Waals surface area contributed by atoms with Gasteiger partial charge in [0.2, 0.25) is 0 Å². The van der Waals surface area contributed by atoms with Gasteiger partial charge in [-0.05, 0) is 30.3 Å². The maximum atomic E-state index is 12.2. The Morgan fingerprint density at radius 3 is 2.76 bits per heavy atom. The Morgan fingerprint density at radius 2 is 1.95 bits per heavy atom. The van der Waals surface area contributed by atoms with Crippen LogP contribution in [-0.2, 0) is 0 Å². The Labute approximate surface area is 119 Å². The number of aromatic nitrogens is 2. The summed E-state index contributed by atoms with van der Waals surface area (Å²) in [5.74, 6) is -1.41. The van der Waals surface area contributed by atoms with E-state index in [0.717, 1.165) is 10.9 Å². The smallest absolute Gasteiger partial charge is 0.337 e. The molecule has 0 aliphatic carbocycles. The Morgan fingerprint density at radius 1 is 1.10 bits per heavy atom. The molecular weight excluding hydrogens is 270 g/mol. The molecule has 2 aromatic heterocycles. The van der Waals surface area contributed by atoms with Gasteiger partial charge in [-0.25, -0.2) is 4.79 Å². The molecule has 1 aromatic carbocycles. The number of fused-ring (bicyclic) bond motifs is 1. The molecule has 3 rings (SSSR count). The van der Waals surface area contributed by atoms with E-state index in [9.17, 15) is 9.59 Å². The van der Waals surface area contributed by atoms with Gasteiger partial charge in [-0.1, -0.05) is 0 Å². The molecule has 0 spiro atoms. The normalized spacial score (nSPS) is 10.5. The van der Waals surface area contributed by atoms with Crippen molar-refractivity contribution in [1.82, 2.24) is 9.97 Å². The number of hydrogen-bond donors (Lipinski definition) is 3. The predicted molar refractivity (Wildman–Crippen MR) is 77.4 cm³/mol. The van der Waals surface area contributed by atoms with Gasteiger partial charge >= 0.3 is 5.97 Å². The van der Waals surface area contributed by atoms with Gasteiger partial charge in [0.15, 0.2) is 0 Å². The number of nitrogens with one attached hydrogen (secondary N) is 2. The average molecular weight is 281 g/mol. The zero-order chi connectivity index (χ0) is 14.8. The number of amides is 1. The molecule has 0 atom stereocenters. The molecule has 21 heavy (non-hydrogen) atoms. The highest BCUT2D eigenvalue weighted by Crippen LogP contribution is 2.16. The molecule has 0 bridgehead atoms.